The van der Waals surface area contributed by atoms with Crippen molar-refractivity contribution in [1.29, 1.82) is 0 Å². The van der Waals surface area contributed by atoms with Gasteiger partial charge in [-0.05, 0) is 67.0 Å². The van der Waals surface area contributed by atoms with Crippen LogP contribution in [0.5, 0.6) is 0 Å². The molecule has 0 N–H and O–H groups in total. The minimum absolute atomic E-state index is 0.0706. The van der Waals surface area contributed by atoms with E-state index in [2.05, 4.69) is 0 Å². The summed E-state index contributed by atoms with van der Waals surface area (Å²) >= 11 is 0. The molecule has 0 fully saturated rings. The molecule has 1 heteroatoms. The summed E-state index contributed by atoms with van der Waals surface area (Å²) in [6, 6.07) is 4.96. The molecule has 0 saturated carbocycles. The molecular formula is C38H24O. The van der Waals surface area contributed by atoms with Gasteiger partial charge in [0, 0.05) is 10.8 Å². The first-order valence-electron chi connectivity index (χ1n) is 20.0. The largest absolute Gasteiger partial charge is 0.456 e. The van der Waals surface area contributed by atoms with Crippen molar-refractivity contribution in [2.75, 3.05) is 0 Å². The van der Waals surface area contributed by atoms with Gasteiger partial charge in [-0.1, -0.05) is 133 Å². The zero-order chi connectivity index (χ0) is 39.7. The Kier molecular flexibility index (Phi) is 2.53. The molecule has 0 aliphatic heterocycles. The third kappa shape index (κ3) is 3.41. The highest BCUT2D eigenvalue weighted by molar-refractivity contribution is 6.25. The molecule has 0 unspecified atom stereocenters. The molecule has 8 aromatic rings. The average Bonchev–Trinajstić information content (AvgIpc) is 3.53. The molecule has 1 nitrogen and oxygen atoms in total. The molecule has 0 atom stereocenters. The second-order valence-electron chi connectivity index (χ2n) is 8.89. The van der Waals surface area contributed by atoms with Crippen molar-refractivity contribution in [2.24, 2.45) is 0 Å². The quantitative estimate of drug-likeness (QED) is 0.215. The maximum atomic E-state index is 9.26. The molecule has 0 amide bonds. The monoisotopic (exact) mass is 512 g/mol. The average molecular weight is 513 g/mol. The Morgan fingerprint density at radius 1 is 0.385 bits per heavy atom. The molecule has 1 heterocycles. The second-order valence-corrected chi connectivity index (χ2v) is 8.89. The Hall–Kier alpha value is -5.14. The zero-order valence-corrected chi connectivity index (χ0v) is 20.0. The summed E-state index contributed by atoms with van der Waals surface area (Å²) in [7, 11) is 0. The van der Waals surface area contributed by atoms with Gasteiger partial charge in [0.2, 0.25) is 0 Å². The van der Waals surface area contributed by atoms with E-state index in [4.69, 9.17) is 25.0 Å². The molecule has 0 spiro atoms. The standard InChI is InChI=1S/C38H24O/c1-2-11-25(12-3-1)26-21-23-27(24-22-26)36-28-13-4-6-15-30(28)37(31-16-7-5-14-29(31)36)33-18-10-20-35-38(33)32-17-8-9-19-34(32)39-35/h1-24H/i1D,2D,3D,4D,5D,6D,7D,8D,9D,10D,17D,18D,19D,20D,21D,22D. The van der Waals surface area contributed by atoms with Gasteiger partial charge in [0.25, 0.3) is 0 Å². The van der Waals surface area contributed by atoms with E-state index in [1.165, 1.54) is 48.5 Å². The fraction of sp³-hybridized carbons (Fsp3) is 0. The van der Waals surface area contributed by atoms with Gasteiger partial charge in [0.1, 0.15) is 11.2 Å². The molecule has 7 aromatic carbocycles. The highest BCUT2D eigenvalue weighted by Crippen LogP contribution is 2.46. The van der Waals surface area contributed by atoms with Crippen molar-refractivity contribution >= 4 is 43.5 Å². The molecule has 0 bridgehead atoms. The van der Waals surface area contributed by atoms with Crippen molar-refractivity contribution in [3.05, 3.63) is 145 Å². The van der Waals surface area contributed by atoms with E-state index in [0.717, 1.165) is 0 Å². The lowest BCUT2D eigenvalue weighted by Gasteiger charge is -2.18. The minimum Gasteiger partial charge on any atom is -0.456 e. The lowest BCUT2D eigenvalue weighted by molar-refractivity contribution is 0.669. The number of para-hydroxylation sites is 1. The Morgan fingerprint density at radius 3 is 1.67 bits per heavy atom. The van der Waals surface area contributed by atoms with E-state index >= 15 is 0 Å². The van der Waals surface area contributed by atoms with Crippen molar-refractivity contribution in [3.63, 3.8) is 0 Å². The summed E-state index contributed by atoms with van der Waals surface area (Å²) in [5, 5.41) is 0.710. The van der Waals surface area contributed by atoms with Crippen molar-refractivity contribution in [3.8, 4) is 33.4 Å². The Labute approximate surface area is 249 Å². The van der Waals surface area contributed by atoms with Gasteiger partial charge in [0.15, 0.2) is 0 Å². The number of hydrogen-bond acceptors (Lipinski definition) is 1. The molecule has 0 aliphatic rings. The summed E-state index contributed by atoms with van der Waals surface area (Å²) in [6.07, 6.45) is 0. The van der Waals surface area contributed by atoms with Gasteiger partial charge in [-0.3, -0.25) is 0 Å². The van der Waals surface area contributed by atoms with E-state index in [0.29, 0.717) is 5.56 Å². The summed E-state index contributed by atoms with van der Waals surface area (Å²) < 4.78 is 144. The van der Waals surface area contributed by atoms with Crippen LogP contribution in [0.25, 0.3) is 76.9 Å². The van der Waals surface area contributed by atoms with E-state index in [1.54, 1.807) is 0 Å². The summed E-state index contributed by atoms with van der Waals surface area (Å²) in [4.78, 5) is 0. The van der Waals surface area contributed by atoms with Gasteiger partial charge in [0.05, 0.1) is 21.9 Å². The van der Waals surface area contributed by atoms with E-state index < -0.39 is 42.3 Å². The highest BCUT2D eigenvalue weighted by atomic mass is 16.3. The van der Waals surface area contributed by atoms with Crippen LogP contribution < -0.4 is 0 Å². The molecule has 0 saturated heterocycles. The molecule has 8 rings (SSSR count). The lowest BCUT2D eigenvalue weighted by atomic mass is 9.84. The number of hydrogen-bond donors (Lipinski definition) is 0. The third-order valence-electron chi connectivity index (χ3n) is 6.81. The molecule has 0 radical (unpaired) electrons. The van der Waals surface area contributed by atoms with Gasteiger partial charge in [-0.15, -0.1) is 0 Å². The minimum atomic E-state index is -0.599. The topological polar surface area (TPSA) is 13.1 Å². The van der Waals surface area contributed by atoms with Crippen LogP contribution in [0.2, 0.25) is 0 Å². The highest BCUT2D eigenvalue weighted by Gasteiger charge is 2.19. The summed E-state index contributed by atoms with van der Waals surface area (Å²) in [5.41, 5.74) is 0.328. The predicted molar refractivity (Wildman–Crippen MR) is 165 cm³/mol. The number of rotatable bonds is 3. The first-order chi connectivity index (χ1) is 25.9. The van der Waals surface area contributed by atoms with Crippen LogP contribution >= 0.6 is 0 Å². The van der Waals surface area contributed by atoms with Gasteiger partial charge >= 0.3 is 0 Å². The maximum absolute atomic E-state index is 9.26. The van der Waals surface area contributed by atoms with Crippen LogP contribution in [-0.2, 0) is 0 Å². The first kappa shape index (κ1) is 11.3. The molecule has 1 aromatic heterocycles. The predicted octanol–water partition coefficient (Wildman–Crippen LogP) is 10.9. The molecular weight excluding hydrogens is 472 g/mol. The van der Waals surface area contributed by atoms with Crippen molar-refractivity contribution < 1.29 is 26.3 Å². The number of fused-ring (bicyclic) bond motifs is 5. The van der Waals surface area contributed by atoms with E-state index in [-0.39, 0.29) is 126 Å². The number of furan rings is 1. The van der Waals surface area contributed by atoms with Crippen LogP contribution in [0.3, 0.4) is 0 Å². The van der Waals surface area contributed by atoms with Crippen molar-refractivity contribution in [1.82, 2.24) is 0 Å². The lowest BCUT2D eigenvalue weighted by Crippen LogP contribution is -1.91. The third-order valence-corrected chi connectivity index (χ3v) is 6.81. The van der Waals surface area contributed by atoms with Crippen LogP contribution in [0.4, 0.5) is 0 Å². The molecule has 182 valence electrons. The zero-order valence-electron chi connectivity index (χ0n) is 36.0. The Balaban J connectivity index is 1.58. The van der Waals surface area contributed by atoms with E-state index in [1.807, 2.05) is 0 Å². The Morgan fingerprint density at radius 2 is 0.974 bits per heavy atom. The maximum Gasteiger partial charge on any atom is 0.136 e. The fourth-order valence-electron chi connectivity index (χ4n) is 5.16. The Bertz CT molecular complexity index is 2940. The van der Waals surface area contributed by atoms with Gasteiger partial charge in [-0.2, -0.15) is 0 Å². The summed E-state index contributed by atoms with van der Waals surface area (Å²) in [5.74, 6) is 0. The van der Waals surface area contributed by atoms with Gasteiger partial charge < -0.3 is 4.42 Å². The molecule has 0 aliphatic carbocycles. The van der Waals surface area contributed by atoms with Gasteiger partial charge in [-0.25, -0.2) is 0 Å². The van der Waals surface area contributed by atoms with Crippen LogP contribution in [0, 0.1) is 0 Å². The molecule has 39 heavy (non-hydrogen) atoms. The van der Waals surface area contributed by atoms with E-state index in [9.17, 15) is 1.37 Å². The van der Waals surface area contributed by atoms with Crippen LogP contribution in [0.15, 0.2) is 150 Å². The van der Waals surface area contributed by atoms with Crippen LogP contribution in [-0.4, -0.2) is 0 Å². The fourth-order valence-corrected chi connectivity index (χ4v) is 5.16. The van der Waals surface area contributed by atoms with Crippen LogP contribution in [0.1, 0.15) is 21.9 Å². The smallest absolute Gasteiger partial charge is 0.136 e. The summed E-state index contributed by atoms with van der Waals surface area (Å²) in [6.45, 7) is 0. The normalized spacial score (nSPS) is 17.3. The van der Waals surface area contributed by atoms with Crippen molar-refractivity contribution in [2.45, 2.75) is 0 Å². The SMILES string of the molecule is [2H]c1cc2c(-c3cc([2H])c(-c4cc([2H])c([2H])c([2H])c4)c([2H])c3)c3cc([2H])c([2H])cc3c(-c3c([2H])c([2H])c([2H])c4oc5c([2H])c([2H])c([2H])c([2H])c5c34)c2cc1[2H]. The second kappa shape index (κ2) is 8.72. The first-order valence-corrected chi connectivity index (χ1v) is 12.0. The number of benzene rings is 7.